The van der Waals surface area contributed by atoms with E-state index in [0.29, 0.717) is 28.9 Å². The van der Waals surface area contributed by atoms with Gasteiger partial charge in [0.2, 0.25) is 11.7 Å². The number of halogens is 1. The normalized spacial score (nSPS) is 10.5. The molecule has 0 atom stereocenters. The van der Waals surface area contributed by atoms with Crippen LogP contribution < -0.4 is 5.32 Å². The minimum atomic E-state index is 0.473. The summed E-state index contributed by atoms with van der Waals surface area (Å²) in [4.78, 5) is 8.48. The zero-order valence-electron chi connectivity index (χ0n) is 11.2. The first kappa shape index (κ1) is 13.6. The van der Waals surface area contributed by atoms with Crippen LogP contribution in [0.25, 0.3) is 11.5 Å². The highest BCUT2D eigenvalue weighted by molar-refractivity contribution is 6.30. The van der Waals surface area contributed by atoms with E-state index in [-0.39, 0.29) is 0 Å². The van der Waals surface area contributed by atoms with Crippen molar-refractivity contribution in [3.05, 3.63) is 59.6 Å². The molecule has 5 nitrogen and oxygen atoms in total. The zero-order chi connectivity index (χ0) is 14.5. The number of nitrogens with zero attached hydrogens (tertiary/aromatic N) is 3. The highest BCUT2D eigenvalue weighted by Gasteiger charge is 2.09. The van der Waals surface area contributed by atoms with Gasteiger partial charge >= 0.3 is 0 Å². The predicted octanol–water partition coefficient (Wildman–Crippen LogP) is 3.44. The van der Waals surface area contributed by atoms with E-state index < -0.39 is 0 Å². The molecule has 0 aliphatic heterocycles. The van der Waals surface area contributed by atoms with Crippen LogP contribution >= 0.6 is 11.6 Å². The predicted molar refractivity (Wildman–Crippen MR) is 81.2 cm³/mol. The lowest BCUT2D eigenvalue weighted by Gasteiger charge is -2.02. The Hall–Kier alpha value is -2.40. The SMILES string of the molecule is Clc1ccc(-c2noc(CCNc3ccccc3)n2)nc1. The number of pyridine rings is 1. The van der Waals surface area contributed by atoms with Gasteiger partial charge in [-0.25, -0.2) is 0 Å². The monoisotopic (exact) mass is 300 g/mol. The average molecular weight is 301 g/mol. The summed E-state index contributed by atoms with van der Waals surface area (Å²) in [6.45, 7) is 0.722. The van der Waals surface area contributed by atoms with Gasteiger partial charge in [0.1, 0.15) is 5.69 Å². The van der Waals surface area contributed by atoms with Crippen LogP contribution in [0.5, 0.6) is 0 Å². The van der Waals surface area contributed by atoms with E-state index in [1.807, 2.05) is 30.3 Å². The highest BCUT2D eigenvalue weighted by Crippen LogP contribution is 2.15. The Morgan fingerprint density at radius 3 is 2.71 bits per heavy atom. The summed E-state index contributed by atoms with van der Waals surface area (Å²) in [6.07, 6.45) is 2.21. The number of hydrogen-bond donors (Lipinski definition) is 1. The van der Waals surface area contributed by atoms with Gasteiger partial charge < -0.3 is 9.84 Å². The minimum absolute atomic E-state index is 0.473. The number of rotatable bonds is 5. The summed E-state index contributed by atoms with van der Waals surface area (Å²) >= 11 is 5.80. The van der Waals surface area contributed by atoms with E-state index in [4.69, 9.17) is 16.1 Å². The van der Waals surface area contributed by atoms with Crippen LogP contribution in [0.1, 0.15) is 5.89 Å². The maximum absolute atomic E-state index is 5.80. The maximum Gasteiger partial charge on any atom is 0.228 e. The molecule has 0 saturated heterocycles. The molecule has 0 saturated carbocycles. The Kier molecular flexibility index (Phi) is 4.12. The molecular weight excluding hydrogens is 288 g/mol. The quantitative estimate of drug-likeness (QED) is 0.782. The molecule has 6 heteroatoms. The van der Waals surface area contributed by atoms with E-state index in [1.54, 1.807) is 18.3 Å². The van der Waals surface area contributed by atoms with Gasteiger partial charge in [0.15, 0.2) is 0 Å². The van der Waals surface area contributed by atoms with Crippen LogP contribution in [0.4, 0.5) is 5.69 Å². The summed E-state index contributed by atoms with van der Waals surface area (Å²) < 4.78 is 5.21. The molecule has 0 aliphatic carbocycles. The molecule has 1 aromatic carbocycles. The van der Waals surface area contributed by atoms with E-state index in [2.05, 4.69) is 20.4 Å². The number of nitrogens with one attached hydrogen (secondary N) is 1. The fraction of sp³-hybridized carbons (Fsp3) is 0.133. The van der Waals surface area contributed by atoms with Crippen LogP contribution in [-0.2, 0) is 6.42 Å². The molecule has 0 aliphatic rings. The zero-order valence-corrected chi connectivity index (χ0v) is 11.9. The summed E-state index contributed by atoms with van der Waals surface area (Å²) in [5.41, 5.74) is 1.71. The van der Waals surface area contributed by atoms with Gasteiger partial charge in [0.25, 0.3) is 0 Å². The fourth-order valence-corrected chi connectivity index (χ4v) is 1.95. The molecule has 3 rings (SSSR count). The molecule has 2 heterocycles. The number of benzene rings is 1. The summed E-state index contributed by atoms with van der Waals surface area (Å²) in [5, 5.41) is 7.79. The van der Waals surface area contributed by atoms with Crippen molar-refractivity contribution in [2.45, 2.75) is 6.42 Å². The van der Waals surface area contributed by atoms with Crippen LogP contribution in [-0.4, -0.2) is 21.7 Å². The molecule has 0 bridgehead atoms. The Labute approximate surface area is 127 Å². The third-order valence-electron chi connectivity index (χ3n) is 2.87. The van der Waals surface area contributed by atoms with Crippen molar-refractivity contribution in [3.8, 4) is 11.5 Å². The largest absolute Gasteiger partial charge is 0.385 e. The van der Waals surface area contributed by atoms with Gasteiger partial charge in [-0.2, -0.15) is 4.98 Å². The van der Waals surface area contributed by atoms with Gasteiger partial charge in [-0.15, -0.1) is 0 Å². The molecular formula is C15H13ClN4O. The topological polar surface area (TPSA) is 63.8 Å². The van der Waals surface area contributed by atoms with Crippen molar-refractivity contribution in [3.63, 3.8) is 0 Å². The molecule has 106 valence electrons. The lowest BCUT2D eigenvalue weighted by molar-refractivity contribution is 0.381. The third-order valence-corrected chi connectivity index (χ3v) is 3.09. The molecule has 0 radical (unpaired) electrons. The Bertz CT molecular complexity index is 697. The molecule has 0 amide bonds. The Morgan fingerprint density at radius 2 is 1.95 bits per heavy atom. The van der Waals surface area contributed by atoms with Crippen molar-refractivity contribution in [2.24, 2.45) is 0 Å². The van der Waals surface area contributed by atoms with Crippen molar-refractivity contribution in [1.29, 1.82) is 0 Å². The summed E-state index contributed by atoms with van der Waals surface area (Å²) in [6, 6.07) is 13.5. The summed E-state index contributed by atoms with van der Waals surface area (Å²) in [7, 11) is 0. The molecule has 3 aromatic rings. The second-order valence-electron chi connectivity index (χ2n) is 4.42. The van der Waals surface area contributed by atoms with Crippen LogP contribution in [0.15, 0.2) is 53.2 Å². The fourth-order valence-electron chi connectivity index (χ4n) is 1.84. The van der Waals surface area contributed by atoms with E-state index in [1.165, 1.54) is 0 Å². The smallest absolute Gasteiger partial charge is 0.228 e. The van der Waals surface area contributed by atoms with Crippen molar-refractivity contribution in [1.82, 2.24) is 15.1 Å². The van der Waals surface area contributed by atoms with E-state index in [0.717, 1.165) is 12.2 Å². The molecule has 2 aromatic heterocycles. The first-order valence-corrected chi connectivity index (χ1v) is 6.92. The number of hydrogen-bond acceptors (Lipinski definition) is 5. The lowest BCUT2D eigenvalue weighted by Crippen LogP contribution is -2.04. The highest BCUT2D eigenvalue weighted by atomic mass is 35.5. The van der Waals surface area contributed by atoms with Crippen molar-refractivity contribution < 1.29 is 4.52 Å². The van der Waals surface area contributed by atoms with E-state index >= 15 is 0 Å². The van der Waals surface area contributed by atoms with E-state index in [9.17, 15) is 0 Å². The Balaban J connectivity index is 1.59. The van der Waals surface area contributed by atoms with Gasteiger partial charge in [-0.1, -0.05) is 35.0 Å². The minimum Gasteiger partial charge on any atom is -0.385 e. The van der Waals surface area contributed by atoms with Gasteiger partial charge in [-0.05, 0) is 24.3 Å². The standard InChI is InChI=1S/C15H13ClN4O/c16-11-6-7-13(18-10-11)15-19-14(21-20-15)8-9-17-12-4-2-1-3-5-12/h1-7,10,17H,8-9H2. The molecule has 0 unspecified atom stereocenters. The second-order valence-corrected chi connectivity index (χ2v) is 4.85. The average Bonchev–Trinajstić information content (AvgIpc) is 2.98. The molecule has 0 spiro atoms. The van der Waals surface area contributed by atoms with Crippen LogP contribution in [0.3, 0.4) is 0 Å². The second kappa shape index (κ2) is 6.37. The first-order chi connectivity index (χ1) is 10.3. The molecule has 1 N–H and O–H groups in total. The summed E-state index contributed by atoms with van der Waals surface area (Å²) in [5.74, 6) is 1.05. The number of aromatic nitrogens is 3. The maximum atomic E-state index is 5.80. The first-order valence-electron chi connectivity index (χ1n) is 6.55. The Morgan fingerprint density at radius 1 is 1.10 bits per heavy atom. The van der Waals surface area contributed by atoms with Crippen LogP contribution in [0.2, 0.25) is 5.02 Å². The van der Waals surface area contributed by atoms with Crippen LogP contribution in [0, 0.1) is 0 Å². The van der Waals surface area contributed by atoms with Gasteiger partial charge in [0.05, 0.1) is 5.02 Å². The van der Waals surface area contributed by atoms with Crippen molar-refractivity contribution in [2.75, 3.05) is 11.9 Å². The number of para-hydroxylation sites is 1. The third kappa shape index (κ3) is 3.58. The molecule has 21 heavy (non-hydrogen) atoms. The molecule has 0 fully saturated rings. The van der Waals surface area contributed by atoms with Crippen molar-refractivity contribution >= 4 is 17.3 Å². The lowest BCUT2D eigenvalue weighted by atomic mass is 10.3. The van der Waals surface area contributed by atoms with Gasteiger partial charge in [-0.3, -0.25) is 4.98 Å². The van der Waals surface area contributed by atoms with Gasteiger partial charge in [0, 0.05) is 24.8 Å². The number of anilines is 1.